The molecule has 3 atom stereocenters. The number of allylic oxidation sites excluding steroid dienone is 2. The number of likely N-dealkylation sites (tertiary alicyclic amines) is 1. The molecule has 3 aliphatic heterocycles. The first-order valence-corrected chi connectivity index (χ1v) is 14.4. The summed E-state index contributed by atoms with van der Waals surface area (Å²) in [5.41, 5.74) is 3.81. The largest absolute Gasteiger partial charge is 0.493 e. The summed E-state index contributed by atoms with van der Waals surface area (Å²) in [7, 11) is 1.57. The molecular formula is C32H33N3O5. The maximum absolute atomic E-state index is 13.2. The second-order valence-electron chi connectivity index (χ2n) is 11.5. The molecule has 0 N–H and O–H groups in total. The number of fused-ring (bicyclic) bond motifs is 3. The number of carbonyl (C=O) groups excluding carboxylic acids is 3. The van der Waals surface area contributed by atoms with Crippen LogP contribution in [0, 0.1) is 5.92 Å². The van der Waals surface area contributed by atoms with Crippen molar-refractivity contribution in [1.29, 1.82) is 0 Å². The zero-order chi connectivity index (χ0) is 27.4. The number of methoxy groups -OCH3 is 1. The van der Waals surface area contributed by atoms with E-state index in [4.69, 9.17) is 9.47 Å². The molecule has 0 aromatic heterocycles. The fourth-order valence-corrected chi connectivity index (χ4v) is 7.12. The summed E-state index contributed by atoms with van der Waals surface area (Å²) in [4.78, 5) is 47.3. The highest BCUT2D eigenvalue weighted by molar-refractivity contribution is 6.09. The smallest absolute Gasteiger partial charge is 0.256 e. The third-order valence-electron chi connectivity index (χ3n) is 9.25. The van der Waals surface area contributed by atoms with Gasteiger partial charge < -0.3 is 19.3 Å². The minimum atomic E-state index is -0.133. The van der Waals surface area contributed by atoms with Gasteiger partial charge in [0.2, 0.25) is 5.91 Å². The standard InChI is InChI=1S/C32H33N3O5/c1-39-27-14-23-25(33-18-21-8-7-12-34(21)31(23)38)15-28(27)40-13-6-2-3-11-30(37)35-19-20-17-32(20)24-10-5-4-9-22(24)26(36)16-29(32)35/h4-5,9-10,14-16,18,20-21H,2-3,6-8,11-13,17,19H2,1H3/t20?,21-,32-/m0/s1. The maximum atomic E-state index is 13.2. The molecule has 2 aromatic carbocycles. The van der Waals surface area contributed by atoms with E-state index in [-0.39, 0.29) is 29.1 Å². The monoisotopic (exact) mass is 539 g/mol. The van der Waals surface area contributed by atoms with Crippen molar-refractivity contribution in [3.8, 4) is 11.5 Å². The lowest BCUT2D eigenvalue weighted by molar-refractivity contribution is -0.129. The quantitative estimate of drug-likeness (QED) is 0.448. The Balaban J connectivity index is 0.931. The third kappa shape index (κ3) is 3.87. The van der Waals surface area contributed by atoms with E-state index in [2.05, 4.69) is 11.1 Å². The number of ether oxygens (including phenoxy) is 2. The van der Waals surface area contributed by atoms with Gasteiger partial charge in [-0.25, -0.2) is 0 Å². The van der Waals surface area contributed by atoms with E-state index in [1.165, 1.54) is 0 Å². The lowest BCUT2D eigenvalue weighted by Gasteiger charge is -2.29. The second-order valence-corrected chi connectivity index (χ2v) is 11.5. The van der Waals surface area contributed by atoms with Gasteiger partial charge in [-0.3, -0.25) is 19.4 Å². The molecular weight excluding hydrogens is 506 g/mol. The number of benzene rings is 2. The molecule has 2 amide bonds. The van der Waals surface area contributed by atoms with Crippen LogP contribution in [-0.2, 0) is 10.2 Å². The predicted molar refractivity (Wildman–Crippen MR) is 150 cm³/mol. The molecule has 0 bridgehead atoms. The minimum Gasteiger partial charge on any atom is -0.493 e. The Labute approximate surface area is 233 Å². The van der Waals surface area contributed by atoms with Gasteiger partial charge in [-0.15, -0.1) is 0 Å². The molecule has 8 heteroatoms. The van der Waals surface area contributed by atoms with Crippen molar-refractivity contribution in [1.82, 2.24) is 9.80 Å². The van der Waals surface area contributed by atoms with E-state index in [9.17, 15) is 14.4 Å². The summed E-state index contributed by atoms with van der Waals surface area (Å²) >= 11 is 0. The highest BCUT2D eigenvalue weighted by atomic mass is 16.5. The zero-order valence-corrected chi connectivity index (χ0v) is 22.7. The SMILES string of the molecule is COc1cc2c(cc1OCCCCCC(=O)N1CC3C[C@]34C1=CC(=O)c1ccccc14)N=C[C@@H]1CCCN1C2=O. The van der Waals surface area contributed by atoms with E-state index >= 15 is 0 Å². The third-order valence-corrected chi connectivity index (χ3v) is 9.25. The molecule has 2 aromatic rings. The highest BCUT2D eigenvalue weighted by Gasteiger charge is 2.67. The molecule has 1 saturated carbocycles. The van der Waals surface area contributed by atoms with Crippen LogP contribution in [0.1, 0.15) is 71.2 Å². The van der Waals surface area contributed by atoms with Crippen LogP contribution in [0.3, 0.4) is 0 Å². The van der Waals surface area contributed by atoms with Crippen molar-refractivity contribution < 1.29 is 23.9 Å². The van der Waals surface area contributed by atoms with Crippen molar-refractivity contribution in [2.24, 2.45) is 10.9 Å². The van der Waals surface area contributed by atoms with Crippen molar-refractivity contribution in [2.45, 2.75) is 56.4 Å². The molecule has 0 radical (unpaired) electrons. The summed E-state index contributed by atoms with van der Waals surface area (Å²) in [5, 5.41) is 0. The number of amides is 2. The molecule has 206 valence electrons. The van der Waals surface area contributed by atoms with Crippen LogP contribution in [-0.4, -0.2) is 66.5 Å². The van der Waals surface area contributed by atoms with Crippen molar-refractivity contribution in [2.75, 3.05) is 26.8 Å². The molecule has 3 fully saturated rings. The predicted octanol–water partition coefficient (Wildman–Crippen LogP) is 4.84. The number of aliphatic imine (C=N–C) groups is 1. The average molecular weight is 540 g/mol. The Hall–Kier alpha value is -3.94. The fourth-order valence-electron chi connectivity index (χ4n) is 7.12. The van der Waals surface area contributed by atoms with E-state index in [0.29, 0.717) is 48.2 Å². The van der Waals surface area contributed by atoms with Gasteiger partial charge >= 0.3 is 0 Å². The lowest BCUT2D eigenvalue weighted by atomic mass is 9.81. The van der Waals surface area contributed by atoms with Gasteiger partial charge in [-0.2, -0.15) is 0 Å². The van der Waals surface area contributed by atoms with Gasteiger partial charge in [0.1, 0.15) is 0 Å². The van der Waals surface area contributed by atoms with Gasteiger partial charge in [-0.05, 0) is 56.1 Å². The fraction of sp³-hybridized carbons (Fsp3) is 0.438. The molecule has 40 heavy (non-hydrogen) atoms. The number of piperidine rings is 1. The molecule has 1 spiro atoms. The second kappa shape index (κ2) is 9.61. The Kier molecular flexibility index (Phi) is 6.02. The molecule has 2 saturated heterocycles. The van der Waals surface area contributed by atoms with Crippen LogP contribution in [0.2, 0.25) is 0 Å². The summed E-state index contributed by atoms with van der Waals surface area (Å²) in [6, 6.07) is 11.4. The van der Waals surface area contributed by atoms with E-state index in [1.807, 2.05) is 34.2 Å². The maximum Gasteiger partial charge on any atom is 0.256 e. The van der Waals surface area contributed by atoms with Crippen molar-refractivity contribution >= 4 is 29.5 Å². The van der Waals surface area contributed by atoms with Gasteiger partial charge in [0.05, 0.1) is 31.0 Å². The number of hydrogen-bond donors (Lipinski definition) is 0. The Morgan fingerprint density at radius 2 is 1.98 bits per heavy atom. The van der Waals surface area contributed by atoms with Crippen LogP contribution >= 0.6 is 0 Å². The van der Waals surface area contributed by atoms with Crippen molar-refractivity contribution in [3.63, 3.8) is 0 Å². The van der Waals surface area contributed by atoms with Gasteiger partial charge in [0.25, 0.3) is 5.91 Å². The molecule has 8 nitrogen and oxygen atoms in total. The van der Waals surface area contributed by atoms with E-state index in [0.717, 1.165) is 61.9 Å². The highest BCUT2D eigenvalue weighted by Crippen LogP contribution is 2.66. The van der Waals surface area contributed by atoms with Crippen LogP contribution in [0.15, 0.2) is 53.2 Å². The van der Waals surface area contributed by atoms with E-state index in [1.54, 1.807) is 25.3 Å². The first kappa shape index (κ1) is 25.1. The van der Waals surface area contributed by atoms with Crippen molar-refractivity contribution in [3.05, 3.63) is 64.9 Å². The van der Waals surface area contributed by atoms with Crippen LogP contribution in [0.25, 0.3) is 0 Å². The Bertz CT molecular complexity index is 1480. The molecule has 5 aliphatic rings. The Morgan fingerprint density at radius 1 is 1.10 bits per heavy atom. The number of rotatable bonds is 8. The van der Waals surface area contributed by atoms with Crippen LogP contribution < -0.4 is 9.47 Å². The normalized spacial score (nSPS) is 25.4. The van der Waals surface area contributed by atoms with E-state index < -0.39 is 0 Å². The number of unbranched alkanes of at least 4 members (excludes halogenated alkanes) is 2. The van der Waals surface area contributed by atoms with Crippen LogP contribution in [0.5, 0.6) is 11.5 Å². The molecule has 1 unspecified atom stereocenters. The van der Waals surface area contributed by atoms with Gasteiger partial charge in [0.15, 0.2) is 17.3 Å². The molecule has 2 aliphatic carbocycles. The first-order valence-electron chi connectivity index (χ1n) is 14.4. The average Bonchev–Trinajstić information content (AvgIpc) is 3.36. The number of carbonyl (C=O) groups is 3. The topological polar surface area (TPSA) is 88.5 Å². The summed E-state index contributed by atoms with van der Waals surface area (Å²) in [5.74, 6) is 1.60. The number of ketones is 1. The summed E-state index contributed by atoms with van der Waals surface area (Å²) in [6.07, 6.45) is 9.36. The minimum absolute atomic E-state index is 0.00220. The Morgan fingerprint density at radius 3 is 2.85 bits per heavy atom. The summed E-state index contributed by atoms with van der Waals surface area (Å²) < 4.78 is 11.6. The lowest BCUT2D eigenvalue weighted by Crippen LogP contribution is -2.35. The molecule has 7 rings (SSSR count). The van der Waals surface area contributed by atoms with Crippen LogP contribution in [0.4, 0.5) is 5.69 Å². The van der Waals surface area contributed by atoms with Gasteiger partial charge in [-0.1, -0.05) is 24.3 Å². The molecule has 3 heterocycles. The van der Waals surface area contributed by atoms with Gasteiger partial charge in [0, 0.05) is 54.5 Å². The number of hydrogen-bond acceptors (Lipinski definition) is 6. The number of nitrogens with zero attached hydrogens (tertiary/aromatic N) is 3. The zero-order valence-electron chi connectivity index (χ0n) is 22.7. The first-order chi connectivity index (χ1) is 19.5. The summed E-state index contributed by atoms with van der Waals surface area (Å²) in [6.45, 7) is 1.93.